The van der Waals surface area contributed by atoms with E-state index in [-0.39, 0.29) is 0 Å². The van der Waals surface area contributed by atoms with Crippen LogP contribution in [0, 0.1) is 17.3 Å². The topological polar surface area (TPSA) is 24.5 Å². The molecular weight excluding hydrogens is 248 g/mol. The first-order chi connectivity index (χ1) is 9.51. The van der Waals surface area contributed by atoms with E-state index in [9.17, 15) is 0 Å². The van der Waals surface area contributed by atoms with E-state index >= 15 is 0 Å². The highest BCUT2D eigenvalue weighted by molar-refractivity contribution is 4.89. The molecule has 0 aliphatic heterocycles. The quantitative estimate of drug-likeness (QED) is 0.704. The van der Waals surface area contributed by atoms with Crippen molar-refractivity contribution in [3.63, 3.8) is 0 Å². The molecule has 0 aromatic rings. The minimum atomic E-state index is 0.467. The smallest absolute Gasteiger partial charge is 0.0589 e. The molecule has 20 heavy (non-hydrogen) atoms. The monoisotopic (exact) mass is 284 g/mol. The summed E-state index contributed by atoms with van der Waals surface area (Å²) in [5, 5.41) is 3.46. The van der Waals surface area contributed by atoms with E-state index in [4.69, 9.17) is 4.74 Å². The zero-order chi connectivity index (χ0) is 15.0. The van der Waals surface area contributed by atoms with E-state index < -0.39 is 0 Å². The molecule has 2 unspecified atom stereocenters. The summed E-state index contributed by atoms with van der Waals surface area (Å²) in [4.78, 5) is 2.63. The number of methoxy groups -OCH3 is 1. The Hall–Kier alpha value is -0.120. The lowest BCUT2D eigenvalue weighted by molar-refractivity contribution is 0.0591. The van der Waals surface area contributed by atoms with Gasteiger partial charge in [-0.3, -0.25) is 0 Å². The molecule has 1 rings (SSSR count). The van der Waals surface area contributed by atoms with Gasteiger partial charge in [0.15, 0.2) is 0 Å². The number of nitrogens with one attached hydrogen (secondary N) is 1. The Labute approximate surface area is 126 Å². The standard InChI is InChI=1S/C17H36N2O/c1-15(2)12-19(9-10-20-5)14-17(13-18-4)8-6-7-16(3)11-17/h15-16,18H,6-14H2,1-5H3. The molecule has 0 saturated heterocycles. The summed E-state index contributed by atoms with van der Waals surface area (Å²) in [6, 6.07) is 0. The zero-order valence-electron chi connectivity index (χ0n) is 14.4. The highest BCUT2D eigenvalue weighted by Gasteiger charge is 2.35. The number of ether oxygens (including phenoxy) is 1. The van der Waals surface area contributed by atoms with Crippen molar-refractivity contribution in [3.8, 4) is 0 Å². The van der Waals surface area contributed by atoms with Gasteiger partial charge < -0.3 is 15.0 Å². The lowest BCUT2D eigenvalue weighted by Gasteiger charge is -2.43. The maximum atomic E-state index is 5.30. The van der Waals surface area contributed by atoms with Crippen molar-refractivity contribution in [3.05, 3.63) is 0 Å². The van der Waals surface area contributed by atoms with Gasteiger partial charge in [0.05, 0.1) is 6.61 Å². The second-order valence-corrected chi connectivity index (χ2v) is 7.35. The molecule has 0 bridgehead atoms. The van der Waals surface area contributed by atoms with Gasteiger partial charge >= 0.3 is 0 Å². The van der Waals surface area contributed by atoms with E-state index in [0.717, 1.165) is 31.5 Å². The van der Waals surface area contributed by atoms with Crippen molar-refractivity contribution in [2.75, 3.05) is 46.9 Å². The molecule has 1 aliphatic carbocycles. The van der Waals surface area contributed by atoms with Crippen molar-refractivity contribution >= 4 is 0 Å². The number of rotatable bonds is 9. The first-order valence-electron chi connectivity index (χ1n) is 8.37. The van der Waals surface area contributed by atoms with Gasteiger partial charge in [0.2, 0.25) is 0 Å². The minimum Gasteiger partial charge on any atom is -0.383 e. The highest BCUT2D eigenvalue weighted by Crippen LogP contribution is 2.39. The molecule has 3 nitrogen and oxygen atoms in total. The van der Waals surface area contributed by atoms with E-state index in [1.54, 1.807) is 7.11 Å². The first-order valence-corrected chi connectivity index (χ1v) is 8.37. The lowest BCUT2D eigenvalue weighted by Crippen LogP contribution is -2.47. The summed E-state index contributed by atoms with van der Waals surface area (Å²) in [6.07, 6.45) is 5.55. The third-order valence-corrected chi connectivity index (χ3v) is 4.53. The van der Waals surface area contributed by atoms with Gasteiger partial charge in [0.25, 0.3) is 0 Å². The van der Waals surface area contributed by atoms with E-state index in [2.05, 4.69) is 38.0 Å². The third kappa shape index (κ3) is 6.11. The summed E-state index contributed by atoms with van der Waals surface area (Å²) in [5.41, 5.74) is 0.467. The van der Waals surface area contributed by atoms with Gasteiger partial charge in [-0.1, -0.05) is 33.6 Å². The average molecular weight is 284 g/mol. The summed E-state index contributed by atoms with van der Waals surface area (Å²) in [6.45, 7) is 12.5. The molecule has 0 heterocycles. The van der Waals surface area contributed by atoms with Crippen LogP contribution < -0.4 is 5.32 Å². The molecule has 1 aliphatic rings. The van der Waals surface area contributed by atoms with Gasteiger partial charge in [-0.25, -0.2) is 0 Å². The minimum absolute atomic E-state index is 0.467. The van der Waals surface area contributed by atoms with Gasteiger partial charge in [-0.15, -0.1) is 0 Å². The Kier molecular flexibility index (Phi) is 8.08. The van der Waals surface area contributed by atoms with Crippen LogP contribution in [0.1, 0.15) is 46.5 Å². The molecule has 3 heteroatoms. The molecule has 0 amide bonds. The summed E-state index contributed by atoms with van der Waals surface area (Å²) < 4.78 is 5.30. The number of hydrogen-bond acceptors (Lipinski definition) is 3. The van der Waals surface area contributed by atoms with Crippen LogP contribution in [0.2, 0.25) is 0 Å². The number of nitrogens with zero attached hydrogens (tertiary/aromatic N) is 1. The fourth-order valence-corrected chi connectivity index (χ4v) is 3.95. The van der Waals surface area contributed by atoms with Gasteiger partial charge in [-0.2, -0.15) is 0 Å². The Bertz CT molecular complexity index is 253. The summed E-state index contributed by atoms with van der Waals surface area (Å²) in [7, 11) is 3.91. The normalized spacial score (nSPS) is 27.4. The second kappa shape index (κ2) is 9.01. The van der Waals surface area contributed by atoms with Crippen LogP contribution in [0.4, 0.5) is 0 Å². The fourth-order valence-electron chi connectivity index (χ4n) is 3.95. The van der Waals surface area contributed by atoms with Gasteiger partial charge in [-0.05, 0) is 37.1 Å². The molecule has 1 saturated carbocycles. The predicted octanol–water partition coefficient (Wildman–Crippen LogP) is 3.01. The second-order valence-electron chi connectivity index (χ2n) is 7.35. The van der Waals surface area contributed by atoms with E-state index in [0.29, 0.717) is 5.41 Å². The van der Waals surface area contributed by atoms with Crippen LogP contribution in [-0.4, -0.2) is 51.8 Å². The Balaban J connectivity index is 2.67. The lowest BCUT2D eigenvalue weighted by atomic mass is 9.69. The molecular formula is C17H36N2O. The average Bonchev–Trinajstić information content (AvgIpc) is 2.35. The van der Waals surface area contributed by atoms with Crippen LogP contribution in [0.5, 0.6) is 0 Å². The Morgan fingerprint density at radius 1 is 1.40 bits per heavy atom. The predicted molar refractivity (Wildman–Crippen MR) is 87.1 cm³/mol. The van der Waals surface area contributed by atoms with Gasteiger partial charge in [0, 0.05) is 33.3 Å². The van der Waals surface area contributed by atoms with Crippen molar-refractivity contribution < 1.29 is 4.74 Å². The van der Waals surface area contributed by atoms with Crippen LogP contribution in [0.15, 0.2) is 0 Å². The van der Waals surface area contributed by atoms with Crippen LogP contribution in [-0.2, 0) is 4.74 Å². The summed E-state index contributed by atoms with van der Waals surface area (Å²) in [5.74, 6) is 1.60. The van der Waals surface area contributed by atoms with Crippen LogP contribution in [0.25, 0.3) is 0 Å². The fraction of sp³-hybridized carbons (Fsp3) is 1.00. The molecule has 2 atom stereocenters. The first kappa shape index (κ1) is 17.9. The Morgan fingerprint density at radius 2 is 2.15 bits per heavy atom. The van der Waals surface area contributed by atoms with Crippen molar-refractivity contribution in [2.24, 2.45) is 17.3 Å². The van der Waals surface area contributed by atoms with Crippen molar-refractivity contribution in [1.29, 1.82) is 0 Å². The van der Waals surface area contributed by atoms with Crippen LogP contribution in [0.3, 0.4) is 0 Å². The van der Waals surface area contributed by atoms with Crippen molar-refractivity contribution in [1.82, 2.24) is 10.2 Å². The number of hydrogen-bond donors (Lipinski definition) is 1. The van der Waals surface area contributed by atoms with E-state index in [1.807, 2.05) is 0 Å². The highest BCUT2D eigenvalue weighted by atomic mass is 16.5. The zero-order valence-corrected chi connectivity index (χ0v) is 14.4. The van der Waals surface area contributed by atoms with Crippen molar-refractivity contribution in [2.45, 2.75) is 46.5 Å². The molecule has 1 fully saturated rings. The molecule has 120 valence electrons. The largest absolute Gasteiger partial charge is 0.383 e. The molecule has 0 spiro atoms. The maximum absolute atomic E-state index is 5.30. The molecule has 0 aromatic carbocycles. The van der Waals surface area contributed by atoms with Crippen LogP contribution >= 0.6 is 0 Å². The SMILES string of the molecule is CNCC1(CN(CCOC)CC(C)C)CCCC(C)C1. The van der Waals surface area contributed by atoms with Gasteiger partial charge in [0.1, 0.15) is 0 Å². The third-order valence-electron chi connectivity index (χ3n) is 4.53. The molecule has 0 aromatic heterocycles. The maximum Gasteiger partial charge on any atom is 0.0589 e. The summed E-state index contributed by atoms with van der Waals surface area (Å²) >= 11 is 0. The molecule has 1 N–H and O–H groups in total. The Morgan fingerprint density at radius 3 is 2.70 bits per heavy atom. The van der Waals surface area contributed by atoms with E-state index in [1.165, 1.54) is 38.8 Å². The molecule has 0 radical (unpaired) electrons.